The van der Waals surface area contributed by atoms with Gasteiger partial charge in [0.15, 0.2) is 0 Å². The summed E-state index contributed by atoms with van der Waals surface area (Å²) in [5, 5.41) is 2.28. The summed E-state index contributed by atoms with van der Waals surface area (Å²) in [4.78, 5) is 7.64. The summed E-state index contributed by atoms with van der Waals surface area (Å²) in [6.07, 6.45) is 4.66. The van der Waals surface area contributed by atoms with Crippen LogP contribution in [0.5, 0.6) is 0 Å². The molecule has 13 rings (SSSR count). The van der Waals surface area contributed by atoms with Crippen LogP contribution in [0.4, 0.5) is 51.2 Å². The van der Waals surface area contributed by atoms with Gasteiger partial charge in [0, 0.05) is 68.0 Å². The number of fused-ring (bicyclic) bond motifs is 9. The van der Waals surface area contributed by atoms with E-state index in [0.29, 0.717) is 0 Å². The molecule has 2 aliphatic carbocycles. The van der Waals surface area contributed by atoms with Gasteiger partial charge in [-0.2, -0.15) is 0 Å². The van der Waals surface area contributed by atoms with E-state index in [4.69, 9.17) is 4.42 Å². The zero-order chi connectivity index (χ0) is 51.4. The highest BCUT2D eigenvalue weighted by atomic mass is 16.3. The van der Waals surface area contributed by atoms with Gasteiger partial charge >= 0.3 is 0 Å². The number of rotatable bonds is 5. The van der Waals surface area contributed by atoms with E-state index >= 15 is 0 Å². The molecule has 0 fully saturated rings. The molecule has 9 aromatic rings. The quantitative estimate of drug-likeness (QED) is 0.160. The molecule has 74 heavy (non-hydrogen) atoms. The van der Waals surface area contributed by atoms with Crippen LogP contribution in [0.2, 0.25) is 0 Å². The topological polar surface area (TPSA) is 22.9 Å². The van der Waals surface area contributed by atoms with Crippen LogP contribution in [-0.4, -0.2) is 6.71 Å². The lowest BCUT2D eigenvalue weighted by Gasteiger charge is -2.48. The highest BCUT2D eigenvalue weighted by molar-refractivity contribution is 7.00. The van der Waals surface area contributed by atoms with Crippen LogP contribution in [0.3, 0.4) is 0 Å². The smallest absolute Gasteiger partial charge is 0.252 e. The maximum Gasteiger partial charge on any atom is 0.252 e. The highest BCUT2D eigenvalue weighted by Crippen LogP contribution is 2.53. The molecule has 4 nitrogen and oxygen atoms in total. The summed E-state index contributed by atoms with van der Waals surface area (Å²) in [6, 6.07) is 60.4. The average Bonchev–Trinajstić information content (AvgIpc) is 3.74. The van der Waals surface area contributed by atoms with Crippen molar-refractivity contribution in [1.82, 2.24) is 0 Å². The van der Waals surface area contributed by atoms with Crippen LogP contribution in [0.25, 0.3) is 21.9 Å². The van der Waals surface area contributed by atoms with Gasteiger partial charge in [-0.05, 0) is 194 Å². The molecule has 0 radical (unpaired) electrons. The van der Waals surface area contributed by atoms with Gasteiger partial charge in [0.25, 0.3) is 6.71 Å². The first kappa shape index (κ1) is 46.8. The molecular formula is C69H70BN3O. The maximum atomic E-state index is 6.92. The summed E-state index contributed by atoms with van der Waals surface area (Å²) < 4.78 is 6.92. The van der Waals surface area contributed by atoms with Crippen LogP contribution in [-0.2, 0) is 27.1 Å². The van der Waals surface area contributed by atoms with Crippen molar-refractivity contribution in [3.8, 4) is 0 Å². The Morgan fingerprint density at radius 2 is 0.946 bits per heavy atom. The van der Waals surface area contributed by atoms with Crippen LogP contribution in [0, 0.1) is 6.92 Å². The van der Waals surface area contributed by atoms with Gasteiger partial charge in [0.2, 0.25) is 0 Å². The van der Waals surface area contributed by atoms with E-state index in [1.165, 1.54) is 91.0 Å². The van der Waals surface area contributed by atoms with E-state index in [1.807, 2.05) is 0 Å². The average molecular weight is 968 g/mol. The minimum Gasteiger partial charge on any atom is -0.456 e. The monoisotopic (exact) mass is 968 g/mol. The molecule has 0 N–H and O–H groups in total. The van der Waals surface area contributed by atoms with Crippen LogP contribution in [0.15, 0.2) is 162 Å². The van der Waals surface area contributed by atoms with Crippen molar-refractivity contribution in [3.63, 3.8) is 0 Å². The standard InChI is InChI=1S/C69H70BN3O/c1-43-35-60-64-61(36-43)73(49-24-28-51-50-27-23-44(65(2,3)4)37-62(50)74-63(51)40-49)58-39-48(71(45-19-15-13-16-20-45)46-21-17-14-18-22-46)26-30-56(58)70(64)57-41-54-55(69(11,12)34-33-68(54,9)10)42-59(57)72(60)47-25-29-52-53(38-47)67(7,8)32-31-66(52,5)6/h13-30,35-42H,31-34H2,1-12H3. The van der Waals surface area contributed by atoms with E-state index in [0.717, 1.165) is 57.5 Å². The van der Waals surface area contributed by atoms with Crippen LogP contribution >= 0.6 is 0 Å². The Morgan fingerprint density at radius 1 is 0.446 bits per heavy atom. The number of furan rings is 1. The Kier molecular flexibility index (Phi) is 10.1. The molecule has 0 spiro atoms. The molecule has 1 aromatic heterocycles. The van der Waals surface area contributed by atoms with Crippen molar-refractivity contribution >= 4 is 96.2 Å². The number of hydrogen-bond donors (Lipinski definition) is 0. The van der Waals surface area contributed by atoms with Gasteiger partial charge in [0.1, 0.15) is 11.2 Å². The lowest BCUT2D eigenvalue weighted by Crippen LogP contribution is -2.62. The molecule has 0 bridgehead atoms. The highest BCUT2D eigenvalue weighted by Gasteiger charge is 2.47. The Morgan fingerprint density at radius 3 is 1.54 bits per heavy atom. The third-order valence-electron chi connectivity index (χ3n) is 18.1. The molecule has 5 heteroatoms. The maximum absolute atomic E-state index is 6.92. The summed E-state index contributed by atoms with van der Waals surface area (Å²) >= 11 is 0. The predicted octanol–water partition coefficient (Wildman–Crippen LogP) is 17.4. The number of benzene rings is 8. The van der Waals surface area contributed by atoms with E-state index in [1.54, 1.807) is 0 Å². The Bertz CT molecular complexity index is 3720. The number of hydrogen-bond acceptors (Lipinski definition) is 4. The van der Waals surface area contributed by atoms with E-state index in [-0.39, 0.29) is 33.8 Å². The Labute approximate surface area is 440 Å². The molecule has 0 amide bonds. The van der Waals surface area contributed by atoms with Crippen LogP contribution < -0.4 is 31.1 Å². The van der Waals surface area contributed by atoms with E-state index < -0.39 is 0 Å². The normalized spacial score (nSPS) is 17.6. The van der Waals surface area contributed by atoms with Gasteiger partial charge in [-0.1, -0.05) is 143 Å². The van der Waals surface area contributed by atoms with Crippen LogP contribution in [0.1, 0.15) is 135 Å². The van der Waals surface area contributed by atoms with Gasteiger partial charge < -0.3 is 19.1 Å². The number of aryl methyl sites for hydroxylation is 1. The molecule has 0 unspecified atom stereocenters. The fraction of sp³-hybridized carbons (Fsp3) is 0.304. The van der Waals surface area contributed by atoms with Crippen molar-refractivity contribution in [2.24, 2.45) is 0 Å². The molecule has 0 saturated heterocycles. The number of nitrogens with zero attached hydrogens (tertiary/aromatic N) is 3. The minimum atomic E-state index is -0.0288. The van der Waals surface area contributed by atoms with Crippen molar-refractivity contribution < 1.29 is 4.42 Å². The zero-order valence-electron chi connectivity index (χ0n) is 45.7. The first-order valence-electron chi connectivity index (χ1n) is 27.3. The number of para-hydroxylation sites is 2. The lowest BCUT2D eigenvalue weighted by molar-refractivity contribution is 0.332. The van der Waals surface area contributed by atoms with E-state index in [9.17, 15) is 0 Å². The van der Waals surface area contributed by atoms with E-state index in [2.05, 4.69) is 256 Å². The SMILES string of the molecule is Cc1cc2c3c(c1)N(c1ccc4c(c1)C(C)(C)CCC4(C)C)c1cc4c(cc1B3c1ccc(N(c3ccccc3)c3ccccc3)cc1N2c1ccc2c(c1)oc1cc(C(C)(C)C)ccc12)C(C)(C)CCC4(C)C. The van der Waals surface area contributed by atoms with Gasteiger partial charge in [-0.3, -0.25) is 0 Å². The van der Waals surface area contributed by atoms with Gasteiger partial charge in [0.05, 0.1) is 0 Å². The molecule has 3 heterocycles. The summed E-state index contributed by atoms with van der Waals surface area (Å²) in [7, 11) is 0. The van der Waals surface area contributed by atoms with Crippen molar-refractivity contribution in [1.29, 1.82) is 0 Å². The Hall–Kier alpha value is -6.98. The summed E-state index contributed by atoms with van der Waals surface area (Å²) in [5.41, 5.74) is 25.1. The zero-order valence-corrected chi connectivity index (χ0v) is 45.7. The molecule has 370 valence electrons. The summed E-state index contributed by atoms with van der Waals surface area (Å²) in [6.45, 7) is 28.8. The fourth-order valence-corrected chi connectivity index (χ4v) is 13.6. The second-order valence-electron chi connectivity index (χ2n) is 26.0. The third-order valence-corrected chi connectivity index (χ3v) is 18.1. The number of anilines is 9. The van der Waals surface area contributed by atoms with Crippen molar-refractivity contribution in [2.45, 2.75) is 136 Å². The second kappa shape index (κ2) is 16.0. The molecular weight excluding hydrogens is 898 g/mol. The predicted molar refractivity (Wildman–Crippen MR) is 316 cm³/mol. The van der Waals surface area contributed by atoms with Gasteiger partial charge in [-0.25, -0.2) is 0 Å². The third kappa shape index (κ3) is 7.15. The first-order chi connectivity index (χ1) is 35.2. The van der Waals surface area contributed by atoms with Gasteiger partial charge in [-0.15, -0.1) is 0 Å². The first-order valence-corrected chi connectivity index (χ1v) is 27.3. The van der Waals surface area contributed by atoms with Crippen molar-refractivity contribution in [3.05, 3.63) is 191 Å². The molecule has 8 aromatic carbocycles. The largest absolute Gasteiger partial charge is 0.456 e. The lowest BCUT2D eigenvalue weighted by atomic mass is 9.33. The fourth-order valence-electron chi connectivity index (χ4n) is 13.6. The molecule has 2 aliphatic heterocycles. The molecule has 0 saturated carbocycles. The molecule has 4 aliphatic rings. The Balaban J connectivity index is 1.11. The minimum absolute atomic E-state index is 0.00534. The summed E-state index contributed by atoms with van der Waals surface area (Å²) in [5.74, 6) is 0. The second-order valence-corrected chi connectivity index (χ2v) is 26.0. The van der Waals surface area contributed by atoms with Crippen molar-refractivity contribution in [2.75, 3.05) is 14.7 Å². The molecule has 0 atom stereocenters.